The van der Waals surface area contributed by atoms with E-state index in [1.54, 1.807) is 13.8 Å². The molecule has 1 heterocycles. The van der Waals surface area contributed by atoms with Gasteiger partial charge in [0.05, 0.1) is 11.7 Å². The monoisotopic (exact) mass is 200 g/mol. The minimum absolute atomic E-state index is 0.340. The van der Waals surface area contributed by atoms with Crippen molar-refractivity contribution in [1.29, 1.82) is 0 Å². The molecule has 0 radical (unpaired) electrons. The third-order valence-corrected chi connectivity index (χ3v) is 2.00. The average molecular weight is 200 g/mol. The number of hydrogen-bond donors (Lipinski definition) is 2. The molecule has 70 valence electrons. The Bertz CT molecular complexity index is 325. The lowest BCUT2D eigenvalue weighted by molar-refractivity contribution is 0.318. The van der Waals surface area contributed by atoms with E-state index in [9.17, 15) is 0 Å². The predicted octanol–water partition coefficient (Wildman–Crippen LogP) is 0.935. The largest absolute Gasteiger partial charge is 0.411 e. The van der Waals surface area contributed by atoms with Gasteiger partial charge in [0, 0.05) is 0 Å². The van der Waals surface area contributed by atoms with E-state index in [4.69, 9.17) is 10.4 Å². The lowest BCUT2D eigenvalue weighted by atomic mass is 10.2. The fourth-order valence-electron chi connectivity index (χ4n) is 0.758. The summed E-state index contributed by atoms with van der Waals surface area (Å²) in [6.07, 6.45) is 0. The third-order valence-electron chi connectivity index (χ3n) is 1.47. The molecule has 0 unspecified atom stereocenters. The quantitative estimate of drug-likeness (QED) is 0.422. The van der Waals surface area contributed by atoms with Crippen LogP contribution in [0.4, 0.5) is 0 Å². The molecular weight excluding hydrogens is 192 g/mol. The molecule has 2 N–H and O–H groups in total. The van der Waals surface area contributed by atoms with Crippen LogP contribution in [0.2, 0.25) is 0 Å². The van der Waals surface area contributed by atoms with Crippen molar-refractivity contribution in [2.24, 2.45) is 10.3 Å². The standard InChI is InChI=1S/C6H8N4O2S/c1-3(7-11)5-6(4(2)8-12)10-13-9-5/h11-12H,1-2H3. The summed E-state index contributed by atoms with van der Waals surface area (Å²) in [7, 11) is 0. The van der Waals surface area contributed by atoms with Gasteiger partial charge in [0.2, 0.25) is 0 Å². The van der Waals surface area contributed by atoms with Crippen LogP contribution in [0.1, 0.15) is 25.2 Å². The molecule has 1 aromatic rings. The molecular formula is C6H8N4O2S. The molecule has 1 rings (SSSR count). The van der Waals surface area contributed by atoms with Gasteiger partial charge in [0.25, 0.3) is 0 Å². The van der Waals surface area contributed by atoms with Gasteiger partial charge >= 0.3 is 0 Å². The Kier molecular flexibility index (Phi) is 2.91. The van der Waals surface area contributed by atoms with E-state index < -0.39 is 0 Å². The zero-order chi connectivity index (χ0) is 9.84. The summed E-state index contributed by atoms with van der Waals surface area (Å²) in [5.74, 6) is 0. The van der Waals surface area contributed by atoms with Crippen LogP contribution >= 0.6 is 11.7 Å². The second kappa shape index (κ2) is 3.94. The van der Waals surface area contributed by atoms with E-state index in [-0.39, 0.29) is 0 Å². The Morgan fingerprint density at radius 2 is 1.46 bits per heavy atom. The van der Waals surface area contributed by atoms with Crippen molar-refractivity contribution in [2.75, 3.05) is 0 Å². The predicted molar refractivity (Wildman–Crippen MR) is 47.9 cm³/mol. The Morgan fingerprint density at radius 3 is 1.77 bits per heavy atom. The fourth-order valence-corrected chi connectivity index (χ4v) is 1.40. The Balaban J connectivity index is 3.18. The molecule has 0 amide bonds. The summed E-state index contributed by atoms with van der Waals surface area (Å²) < 4.78 is 7.81. The van der Waals surface area contributed by atoms with Crippen LogP contribution in [-0.2, 0) is 0 Å². The SMILES string of the molecule is CC(=NO)c1nsnc1C(C)=NO. The summed E-state index contributed by atoms with van der Waals surface area (Å²) >= 11 is 0.970. The van der Waals surface area contributed by atoms with Crippen LogP contribution < -0.4 is 0 Å². The zero-order valence-electron chi connectivity index (χ0n) is 7.09. The van der Waals surface area contributed by atoms with Crippen molar-refractivity contribution in [3.05, 3.63) is 11.4 Å². The lowest BCUT2D eigenvalue weighted by Gasteiger charge is -1.95. The summed E-state index contributed by atoms with van der Waals surface area (Å²) in [5.41, 5.74) is 1.55. The average Bonchev–Trinajstić information content (AvgIpc) is 2.63. The molecule has 0 aliphatic heterocycles. The van der Waals surface area contributed by atoms with E-state index in [1.807, 2.05) is 0 Å². The highest BCUT2D eigenvalue weighted by atomic mass is 32.1. The molecule has 0 saturated carbocycles. The number of nitrogens with zero attached hydrogens (tertiary/aromatic N) is 4. The molecule has 0 aliphatic carbocycles. The second-order valence-corrected chi connectivity index (χ2v) is 2.86. The molecule has 0 atom stereocenters. The summed E-state index contributed by atoms with van der Waals surface area (Å²) in [4.78, 5) is 0. The maximum absolute atomic E-state index is 8.51. The number of oxime groups is 2. The second-order valence-electron chi connectivity index (χ2n) is 2.33. The summed E-state index contributed by atoms with van der Waals surface area (Å²) in [5, 5.41) is 23.0. The van der Waals surface area contributed by atoms with Crippen molar-refractivity contribution in [3.63, 3.8) is 0 Å². The van der Waals surface area contributed by atoms with E-state index in [1.165, 1.54) is 0 Å². The van der Waals surface area contributed by atoms with Crippen LogP contribution in [0.5, 0.6) is 0 Å². The molecule has 0 fully saturated rings. The van der Waals surface area contributed by atoms with Crippen molar-refractivity contribution in [1.82, 2.24) is 8.75 Å². The molecule has 1 aromatic heterocycles. The van der Waals surface area contributed by atoms with Gasteiger partial charge in [0.15, 0.2) is 0 Å². The first-order valence-electron chi connectivity index (χ1n) is 3.41. The molecule has 13 heavy (non-hydrogen) atoms. The van der Waals surface area contributed by atoms with Gasteiger partial charge in [-0.2, -0.15) is 8.75 Å². The molecule has 0 bridgehead atoms. The third kappa shape index (κ3) is 1.81. The van der Waals surface area contributed by atoms with Crippen LogP contribution in [0.15, 0.2) is 10.3 Å². The minimum Gasteiger partial charge on any atom is -0.411 e. The first-order valence-corrected chi connectivity index (χ1v) is 4.14. The lowest BCUT2D eigenvalue weighted by Crippen LogP contribution is -2.05. The van der Waals surface area contributed by atoms with Crippen LogP contribution in [0.25, 0.3) is 0 Å². The van der Waals surface area contributed by atoms with Crippen LogP contribution in [0, 0.1) is 0 Å². The highest BCUT2D eigenvalue weighted by Crippen LogP contribution is 2.08. The number of rotatable bonds is 2. The van der Waals surface area contributed by atoms with Gasteiger partial charge in [0.1, 0.15) is 22.8 Å². The molecule has 0 saturated heterocycles. The molecule has 0 aliphatic rings. The Labute approximate surface area is 78.5 Å². The number of aromatic nitrogens is 2. The minimum atomic E-state index is 0.340. The normalized spacial score (nSPS) is 13.4. The van der Waals surface area contributed by atoms with Gasteiger partial charge < -0.3 is 10.4 Å². The van der Waals surface area contributed by atoms with Crippen molar-refractivity contribution in [2.45, 2.75) is 13.8 Å². The fraction of sp³-hybridized carbons (Fsp3) is 0.333. The van der Waals surface area contributed by atoms with Crippen LogP contribution in [-0.4, -0.2) is 30.6 Å². The van der Waals surface area contributed by atoms with E-state index in [2.05, 4.69) is 19.1 Å². The van der Waals surface area contributed by atoms with Crippen molar-refractivity contribution >= 4 is 23.2 Å². The van der Waals surface area contributed by atoms with Crippen molar-refractivity contribution < 1.29 is 10.4 Å². The Morgan fingerprint density at radius 1 is 1.08 bits per heavy atom. The zero-order valence-corrected chi connectivity index (χ0v) is 7.91. The molecule has 7 heteroatoms. The highest BCUT2D eigenvalue weighted by Gasteiger charge is 2.14. The van der Waals surface area contributed by atoms with Gasteiger partial charge in [-0.1, -0.05) is 10.3 Å². The van der Waals surface area contributed by atoms with E-state index in [0.717, 1.165) is 11.7 Å². The Hall–Kier alpha value is -1.50. The van der Waals surface area contributed by atoms with Gasteiger partial charge in [-0.05, 0) is 13.8 Å². The topological polar surface area (TPSA) is 91.0 Å². The first-order chi connectivity index (χ1) is 6.20. The molecule has 0 aromatic carbocycles. The van der Waals surface area contributed by atoms with Gasteiger partial charge in [-0.25, -0.2) is 0 Å². The first kappa shape index (κ1) is 9.59. The molecule has 6 nitrogen and oxygen atoms in total. The van der Waals surface area contributed by atoms with Gasteiger partial charge in [-0.3, -0.25) is 0 Å². The van der Waals surface area contributed by atoms with E-state index in [0.29, 0.717) is 22.8 Å². The summed E-state index contributed by atoms with van der Waals surface area (Å²) in [6, 6.07) is 0. The highest BCUT2D eigenvalue weighted by molar-refractivity contribution is 6.99. The molecule has 0 spiro atoms. The van der Waals surface area contributed by atoms with E-state index >= 15 is 0 Å². The summed E-state index contributed by atoms with van der Waals surface area (Å²) in [6.45, 7) is 3.18. The van der Waals surface area contributed by atoms with Crippen molar-refractivity contribution in [3.8, 4) is 0 Å². The number of hydrogen-bond acceptors (Lipinski definition) is 7. The maximum Gasteiger partial charge on any atom is 0.131 e. The van der Waals surface area contributed by atoms with Crippen LogP contribution in [0.3, 0.4) is 0 Å². The maximum atomic E-state index is 8.51. The van der Waals surface area contributed by atoms with Gasteiger partial charge in [-0.15, -0.1) is 0 Å². The smallest absolute Gasteiger partial charge is 0.131 e.